The Morgan fingerprint density at radius 1 is 1.20 bits per heavy atom. The molecule has 1 nitrogen and oxygen atoms in total. The molecule has 0 saturated heterocycles. The first kappa shape index (κ1) is 23.7. The summed E-state index contributed by atoms with van der Waals surface area (Å²) >= 11 is 0. The molecular formula is C27H42F2O. The van der Waals surface area contributed by atoms with E-state index in [-0.39, 0.29) is 11.5 Å². The summed E-state index contributed by atoms with van der Waals surface area (Å²) in [6.45, 7) is 11.6. The summed E-state index contributed by atoms with van der Waals surface area (Å²) < 4.78 is 28.1. The van der Waals surface area contributed by atoms with Crippen molar-refractivity contribution in [3.63, 3.8) is 0 Å². The van der Waals surface area contributed by atoms with Gasteiger partial charge in [0.2, 0.25) is 0 Å². The van der Waals surface area contributed by atoms with E-state index in [1.165, 1.54) is 50.7 Å². The highest BCUT2D eigenvalue weighted by Crippen LogP contribution is 2.60. The first-order chi connectivity index (χ1) is 14.0. The average molecular weight is 421 g/mol. The van der Waals surface area contributed by atoms with Gasteiger partial charge < -0.3 is 5.11 Å². The lowest BCUT2D eigenvalue weighted by Crippen LogP contribution is -2.36. The highest BCUT2D eigenvalue weighted by molar-refractivity contribution is 5.36. The van der Waals surface area contributed by atoms with Crippen LogP contribution in [0.15, 0.2) is 35.5 Å². The van der Waals surface area contributed by atoms with Gasteiger partial charge in [-0.15, -0.1) is 0 Å². The Morgan fingerprint density at radius 3 is 2.63 bits per heavy atom. The van der Waals surface area contributed by atoms with Crippen molar-refractivity contribution in [1.82, 2.24) is 0 Å². The summed E-state index contributed by atoms with van der Waals surface area (Å²) in [5.41, 5.74) is 2.45. The quantitative estimate of drug-likeness (QED) is 0.467. The van der Waals surface area contributed by atoms with Crippen LogP contribution >= 0.6 is 0 Å². The van der Waals surface area contributed by atoms with Crippen LogP contribution in [-0.4, -0.2) is 23.1 Å². The van der Waals surface area contributed by atoms with E-state index in [1.807, 2.05) is 0 Å². The van der Waals surface area contributed by atoms with Gasteiger partial charge in [0.1, 0.15) is 11.8 Å². The molecule has 0 aromatic carbocycles. The van der Waals surface area contributed by atoms with E-state index >= 15 is 0 Å². The number of alkyl halides is 2. The van der Waals surface area contributed by atoms with Gasteiger partial charge in [0, 0.05) is 0 Å². The molecule has 0 aliphatic heterocycles. The normalized spacial score (nSPS) is 37.4. The minimum atomic E-state index is -1.74. The van der Waals surface area contributed by atoms with Crippen LogP contribution in [0.5, 0.6) is 0 Å². The second-order valence-electron chi connectivity index (χ2n) is 11.1. The van der Waals surface area contributed by atoms with Crippen LogP contribution in [0, 0.1) is 23.2 Å². The number of rotatable bonds is 6. The van der Waals surface area contributed by atoms with E-state index in [9.17, 15) is 13.9 Å². The van der Waals surface area contributed by atoms with Crippen molar-refractivity contribution in [3.8, 4) is 0 Å². The zero-order chi connectivity index (χ0) is 22.1. The van der Waals surface area contributed by atoms with Crippen molar-refractivity contribution in [1.29, 1.82) is 0 Å². The van der Waals surface area contributed by atoms with Gasteiger partial charge in [-0.05, 0) is 107 Å². The Hall–Kier alpha value is -0.960. The van der Waals surface area contributed by atoms with Gasteiger partial charge in [0.15, 0.2) is 0 Å². The molecule has 3 heteroatoms. The van der Waals surface area contributed by atoms with Crippen molar-refractivity contribution in [2.24, 2.45) is 23.2 Å². The molecule has 0 bridgehead atoms. The summed E-state index contributed by atoms with van der Waals surface area (Å²) in [6, 6.07) is 0. The van der Waals surface area contributed by atoms with E-state index in [4.69, 9.17) is 0 Å². The van der Waals surface area contributed by atoms with Crippen molar-refractivity contribution in [3.05, 3.63) is 35.5 Å². The fourth-order valence-corrected chi connectivity index (χ4v) is 6.56. The molecule has 1 N–H and O–H groups in total. The number of fused-ring (bicyclic) bond motifs is 1. The van der Waals surface area contributed by atoms with Crippen LogP contribution in [0.3, 0.4) is 0 Å². The maximum atomic E-state index is 14.2. The molecule has 1 unspecified atom stereocenters. The number of aliphatic hydroxyl groups excluding tert-OH is 1. The zero-order valence-corrected chi connectivity index (χ0v) is 19.5. The molecule has 3 aliphatic carbocycles. The van der Waals surface area contributed by atoms with Gasteiger partial charge in [-0.1, -0.05) is 43.7 Å². The minimum absolute atomic E-state index is 0.234. The molecule has 170 valence electrons. The van der Waals surface area contributed by atoms with Gasteiger partial charge in [-0.2, -0.15) is 0 Å². The molecule has 3 aliphatic rings. The van der Waals surface area contributed by atoms with E-state index in [1.54, 1.807) is 5.57 Å². The smallest absolute Gasteiger partial charge is 0.136 e. The van der Waals surface area contributed by atoms with Crippen LogP contribution in [0.4, 0.5) is 8.78 Å². The fourth-order valence-electron chi connectivity index (χ4n) is 6.56. The van der Waals surface area contributed by atoms with Crippen molar-refractivity contribution < 1.29 is 13.9 Å². The molecule has 6 atom stereocenters. The second kappa shape index (κ2) is 9.27. The molecule has 3 saturated carbocycles. The maximum absolute atomic E-state index is 14.2. The van der Waals surface area contributed by atoms with E-state index in [0.29, 0.717) is 24.2 Å². The van der Waals surface area contributed by atoms with E-state index in [2.05, 4.69) is 32.6 Å². The summed E-state index contributed by atoms with van der Waals surface area (Å²) in [5, 5.41) is 10.0. The van der Waals surface area contributed by atoms with Gasteiger partial charge in [-0.25, -0.2) is 8.78 Å². The SMILES string of the molecule is C=C1CC[C@H](O)C/C1=C/C=C1\CCC[C@]2(C)[C@@H]([C@H](C)CCC(F)C(C)(C)F)CC[C@@H]12. The van der Waals surface area contributed by atoms with Crippen LogP contribution in [0.1, 0.15) is 91.9 Å². The largest absolute Gasteiger partial charge is 0.393 e. The summed E-state index contributed by atoms with van der Waals surface area (Å²) in [5.74, 6) is 1.60. The lowest BCUT2D eigenvalue weighted by Gasteiger charge is -2.44. The second-order valence-corrected chi connectivity index (χ2v) is 11.1. The molecule has 0 heterocycles. The molecule has 0 spiro atoms. The predicted molar refractivity (Wildman–Crippen MR) is 122 cm³/mol. The number of aliphatic hydroxyl groups is 1. The Balaban J connectivity index is 1.69. The van der Waals surface area contributed by atoms with E-state index in [0.717, 1.165) is 32.1 Å². The summed E-state index contributed by atoms with van der Waals surface area (Å²) in [4.78, 5) is 0. The maximum Gasteiger partial charge on any atom is 0.136 e. The lowest BCUT2D eigenvalue weighted by atomic mass is 9.60. The fraction of sp³-hybridized carbons (Fsp3) is 0.778. The summed E-state index contributed by atoms with van der Waals surface area (Å²) in [7, 11) is 0. The first-order valence-electron chi connectivity index (χ1n) is 12.1. The first-order valence-corrected chi connectivity index (χ1v) is 12.1. The van der Waals surface area contributed by atoms with Crippen molar-refractivity contribution in [2.45, 2.75) is 110 Å². The Bertz CT molecular complexity index is 685. The lowest BCUT2D eigenvalue weighted by molar-refractivity contribution is 0.0581. The Morgan fingerprint density at radius 2 is 1.93 bits per heavy atom. The highest BCUT2D eigenvalue weighted by Gasteiger charge is 2.50. The van der Waals surface area contributed by atoms with Gasteiger partial charge in [0.05, 0.1) is 6.10 Å². The highest BCUT2D eigenvalue weighted by atomic mass is 19.2. The number of hydrogen-bond donors (Lipinski definition) is 1. The Kier molecular flexibility index (Phi) is 7.32. The third kappa shape index (κ3) is 5.09. The van der Waals surface area contributed by atoms with E-state index < -0.39 is 11.8 Å². The number of halogens is 2. The van der Waals surface area contributed by atoms with Gasteiger partial charge in [-0.3, -0.25) is 0 Å². The molecule has 30 heavy (non-hydrogen) atoms. The van der Waals surface area contributed by atoms with Crippen molar-refractivity contribution in [2.75, 3.05) is 0 Å². The van der Waals surface area contributed by atoms with Crippen LogP contribution in [0.2, 0.25) is 0 Å². The third-order valence-corrected chi connectivity index (χ3v) is 8.53. The standard InChI is InChI=1S/C27H42F2O/c1-18-8-12-22(30)17-21(18)11-10-20-7-6-16-27(5)23(13-14-24(20)27)19(2)9-15-25(28)26(3,4)29/h10-11,19,22-25,30H,1,6-9,12-17H2,2-5H3/b20-10+,21-11-/t19-,22+,23-,24+,25?,27-/m1/s1. The molecule has 0 aromatic rings. The van der Waals surface area contributed by atoms with Crippen molar-refractivity contribution >= 4 is 0 Å². The monoisotopic (exact) mass is 420 g/mol. The molecule has 0 aromatic heterocycles. The average Bonchev–Trinajstić information content (AvgIpc) is 3.03. The summed E-state index contributed by atoms with van der Waals surface area (Å²) in [6.07, 6.45) is 12.5. The van der Waals surface area contributed by atoms with Crippen LogP contribution in [-0.2, 0) is 0 Å². The molecule has 0 amide bonds. The molecule has 3 rings (SSSR count). The number of hydrogen-bond acceptors (Lipinski definition) is 1. The predicted octanol–water partition coefficient (Wildman–Crippen LogP) is 7.66. The van der Waals surface area contributed by atoms with Gasteiger partial charge >= 0.3 is 0 Å². The molecular weight excluding hydrogens is 378 g/mol. The molecule has 3 fully saturated rings. The number of allylic oxidation sites excluding steroid dienone is 4. The zero-order valence-electron chi connectivity index (χ0n) is 19.5. The topological polar surface area (TPSA) is 20.2 Å². The molecule has 0 radical (unpaired) electrons. The Labute approximate surface area is 182 Å². The van der Waals surface area contributed by atoms with Crippen LogP contribution < -0.4 is 0 Å². The minimum Gasteiger partial charge on any atom is -0.393 e. The van der Waals surface area contributed by atoms with Crippen LogP contribution in [0.25, 0.3) is 0 Å². The van der Waals surface area contributed by atoms with Gasteiger partial charge in [0.25, 0.3) is 0 Å². The third-order valence-electron chi connectivity index (χ3n) is 8.53.